The summed E-state index contributed by atoms with van der Waals surface area (Å²) in [6, 6.07) is 5.63. The molecule has 0 aliphatic heterocycles. The average molecular weight is 163 g/mol. The summed E-state index contributed by atoms with van der Waals surface area (Å²) in [5.74, 6) is 0.808. The first kappa shape index (κ1) is 7.09. The molecule has 1 aromatic carbocycles. The molecule has 0 unspecified atom stereocenters. The minimum absolute atomic E-state index is 0.808. The zero-order valence-corrected chi connectivity index (χ0v) is 6.98. The maximum Gasteiger partial charge on any atom is 0.121 e. The van der Waals surface area contributed by atoms with Crippen molar-refractivity contribution in [2.75, 3.05) is 7.11 Å². The number of methoxy groups -OCH3 is 1. The SMILES string of the molecule is COc1ccc2nn(C)nc2c1. The first-order valence-corrected chi connectivity index (χ1v) is 3.64. The first-order valence-electron chi connectivity index (χ1n) is 3.64. The van der Waals surface area contributed by atoms with Gasteiger partial charge in [-0.05, 0) is 12.1 Å². The lowest BCUT2D eigenvalue weighted by Crippen LogP contribution is -1.90. The van der Waals surface area contributed by atoms with Gasteiger partial charge in [-0.3, -0.25) is 0 Å². The van der Waals surface area contributed by atoms with E-state index in [2.05, 4.69) is 10.2 Å². The highest BCUT2D eigenvalue weighted by atomic mass is 16.5. The van der Waals surface area contributed by atoms with E-state index in [0.717, 1.165) is 16.8 Å². The van der Waals surface area contributed by atoms with Crippen LogP contribution >= 0.6 is 0 Å². The van der Waals surface area contributed by atoms with Crippen molar-refractivity contribution < 1.29 is 4.74 Å². The van der Waals surface area contributed by atoms with E-state index in [9.17, 15) is 0 Å². The normalized spacial score (nSPS) is 10.5. The van der Waals surface area contributed by atoms with Gasteiger partial charge in [0.15, 0.2) is 0 Å². The Balaban J connectivity index is 2.66. The molecule has 4 nitrogen and oxygen atoms in total. The van der Waals surface area contributed by atoms with Gasteiger partial charge in [0.2, 0.25) is 0 Å². The summed E-state index contributed by atoms with van der Waals surface area (Å²) in [4.78, 5) is 1.55. The Morgan fingerprint density at radius 2 is 2.00 bits per heavy atom. The second-order valence-corrected chi connectivity index (χ2v) is 2.54. The van der Waals surface area contributed by atoms with Gasteiger partial charge in [0, 0.05) is 13.1 Å². The molecule has 2 rings (SSSR count). The zero-order chi connectivity index (χ0) is 8.55. The number of rotatable bonds is 1. The lowest BCUT2D eigenvalue weighted by molar-refractivity contribution is 0.415. The molecule has 0 radical (unpaired) electrons. The van der Waals surface area contributed by atoms with Crippen LogP contribution in [0, 0.1) is 0 Å². The van der Waals surface area contributed by atoms with Crippen molar-refractivity contribution in [1.29, 1.82) is 0 Å². The first-order chi connectivity index (χ1) is 5.79. The number of hydrogen-bond acceptors (Lipinski definition) is 3. The van der Waals surface area contributed by atoms with Crippen LogP contribution in [0.15, 0.2) is 18.2 Å². The van der Waals surface area contributed by atoms with E-state index in [1.165, 1.54) is 0 Å². The second kappa shape index (κ2) is 2.48. The van der Waals surface area contributed by atoms with E-state index in [4.69, 9.17) is 4.74 Å². The third-order valence-electron chi connectivity index (χ3n) is 1.69. The predicted molar refractivity (Wildman–Crippen MR) is 45.1 cm³/mol. The number of aromatic nitrogens is 3. The molecule has 0 spiro atoms. The van der Waals surface area contributed by atoms with Gasteiger partial charge in [-0.2, -0.15) is 15.0 Å². The molecular weight excluding hydrogens is 154 g/mol. The highest BCUT2D eigenvalue weighted by Gasteiger charge is 2.00. The van der Waals surface area contributed by atoms with Gasteiger partial charge in [-0.15, -0.1) is 0 Å². The fourth-order valence-electron chi connectivity index (χ4n) is 1.13. The van der Waals surface area contributed by atoms with Crippen molar-refractivity contribution in [3.63, 3.8) is 0 Å². The van der Waals surface area contributed by atoms with Gasteiger partial charge in [-0.1, -0.05) is 0 Å². The highest BCUT2D eigenvalue weighted by molar-refractivity contribution is 5.75. The summed E-state index contributed by atoms with van der Waals surface area (Å²) in [5.41, 5.74) is 1.75. The molecule has 4 heteroatoms. The Morgan fingerprint density at radius 3 is 2.75 bits per heavy atom. The van der Waals surface area contributed by atoms with E-state index in [1.807, 2.05) is 18.2 Å². The molecule has 0 saturated carbocycles. The zero-order valence-electron chi connectivity index (χ0n) is 6.98. The van der Waals surface area contributed by atoms with Crippen LogP contribution in [0.1, 0.15) is 0 Å². The lowest BCUT2D eigenvalue weighted by Gasteiger charge is -1.95. The van der Waals surface area contributed by atoms with Crippen LogP contribution in [0.25, 0.3) is 11.0 Å². The quantitative estimate of drug-likeness (QED) is 0.629. The minimum atomic E-state index is 0.808. The average Bonchev–Trinajstić information content (AvgIpc) is 2.43. The van der Waals surface area contributed by atoms with Crippen molar-refractivity contribution in [2.24, 2.45) is 7.05 Å². The van der Waals surface area contributed by atoms with Gasteiger partial charge >= 0.3 is 0 Å². The smallest absolute Gasteiger partial charge is 0.121 e. The third kappa shape index (κ3) is 1.01. The van der Waals surface area contributed by atoms with Crippen LogP contribution < -0.4 is 4.74 Å². The molecule has 2 aromatic rings. The van der Waals surface area contributed by atoms with Gasteiger partial charge in [-0.25, -0.2) is 0 Å². The number of ether oxygens (including phenoxy) is 1. The van der Waals surface area contributed by atoms with Crippen LogP contribution in [0.5, 0.6) is 5.75 Å². The van der Waals surface area contributed by atoms with Crippen molar-refractivity contribution in [2.45, 2.75) is 0 Å². The van der Waals surface area contributed by atoms with Crippen molar-refractivity contribution in [3.05, 3.63) is 18.2 Å². The molecule has 0 fully saturated rings. The molecule has 0 amide bonds. The van der Waals surface area contributed by atoms with E-state index in [0.29, 0.717) is 0 Å². The monoisotopic (exact) mass is 163 g/mol. The number of nitrogens with zero attached hydrogens (tertiary/aromatic N) is 3. The topological polar surface area (TPSA) is 39.9 Å². The Kier molecular flexibility index (Phi) is 1.46. The summed E-state index contributed by atoms with van der Waals surface area (Å²) in [7, 11) is 3.43. The van der Waals surface area contributed by atoms with Crippen LogP contribution in [0.3, 0.4) is 0 Å². The van der Waals surface area contributed by atoms with Crippen molar-refractivity contribution in [3.8, 4) is 5.75 Å². The molecule has 1 aromatic heterocycles. The summed E-state index contributed by atoms with van der Waals surface area (Å²) in [6.07, 6.45) is 0. The summed E-state index contributed by atoms with van der Waals surface area (Å²) in [5, 5.41) is 8.29. The fraction of sp³-hybridized carbons (Fsp3) is 0.250. The van der Waals surface area contributed by atoms with Crippen molar-refractivity contribution >= 4 is 11.0 Å². The number of fused-ring (bicyclic) bond motifs is 1. The Bertz CT molecular complexity index is 408. The Hall–Kier alpha value is -1.58. The number of aryl methyl sites for hydroxylation is 1. The molecular formula is C8H9N3O. The number of hydrogen-bond donors (Lipinski definition) is 0. The molecule has 0 saturated heterocycles. The summed E-state index contributed by atoms with van der Waals surface area (Å²) in [6.45, 7) is 0. The van der Waals surface area contributed by atoms with Crippen LogP contribution in [0.2, 0.25) is 0 Å². The predicted octanol–water partition coefficient (Wildman–Crippen LogP) is 0.977. The van der Waals surface area contributed by atoms with E-state index < -0.39 is 0 Å². The van der Waals surface area contributed by atoms with Gasteiger partial charge in [0.05, 0.1) is 7.11 Å². The minimum Gasteiger partial charge on any atom is -0.497 e. The van der Waals surface area contributed by atoms with E-state index >= 15 is 0 Å². The largest absolute Gasteiger partial charge is 0.497 e. The van der Waals surface area contributed by atoms with Gasteiger partial charge < -0.3 is 4.74 Å². The van der Waals surface area contributed by atoms with Crippen LogP contribution in [0.4, 0.5) is 0 Å². The molecule has 0 N–H and O–H groups in total. The molecule has 0 bridgehead atoms. The molecule has 0 aliphatic rings. The van der Waals surface area contributed by atoms with Crippen LogP contribution in [-0.2, 0) is 7.05 Å². The Morgan fingerprint density at radius 1 is 1.25 bits per heavy atom. The molecule has 0 atom stereocenters. The molecule has 62 valence electrons. The van der Waals surface area contributed by atoms with Gasteiger partial charge in [0.1, 0.15) is 16.8 Å². The number of benzene rings is 1. The maximum absolute atomic E-state index is 5.05. The van der Waals surface area contributed by atoms with E-state index in [1.54, 1.807) is 19.0 Å². The second-order valence-electron chi connectivity index (χ2n) is 2.54. The molecule has 0 aliphatic carbocycles. The van der Waals surface area contributed by atoms with Gasteiger partial charge in [0.25, 0.3) is 0 Å². The van der Waals surface area contributed by atoms with Crippen molar-refractivity contribution in [1.82, 2.24) is 15.0 Å². The summed E-state index contributed by atoms with van der Waals surface area (Å²) < 4.78 is 5.05. The fourth-order valence-corrected chi connectivity index (χ4v) is 1.13. The van der Waals surface area contributed by atoms with E-state index in [-0.39, 0.29) is 0 Å². The molecule has 12 heavy (non-hydrogen) atoms. The molecule has 1 heterocycles. The standard InChI is InChI=1S/C8H9N3O/c1-11-9-7-4-3-6(12-2)5-8(7)10-11/h3-5H,1-2H3. The maximum atomic E-state index is 5.05. The van der Waals surface area contributed by atoms with Crippen LogP contribution in [-0.4, -0.2) is 22.1 Å². The lowest BCUT2D eigenvalue weighted by atomic mass is 10.3. The summed E-state index contributed by atoms with van der Waals surface area (Å²) >= 11 is 0. The highest BCUT2D eigenvalue weighted by Crippen LogP contribution is 2.16. The Labute approximate surface area is 69.8 Å². The third-order valence-corrected chi connectivity index (χ3v) is 1.69.